The molecule has 0 bridgehead atoms. The maximum absolute atomic E-state index is 13.0. The highest BCUT2D eigenvalue weighted by molar-refractivity contribution is 5.79. The van der Waals surface area contributed by atoms with E-state index >= 15 is 0 Å². The first-order valence-corrected chi connectivity index (χ1v) is 11.4. The van der Waals surface area contributed by atoms with E-state index in [0.29, 0.717) is 17.0 Å². The third kappa shape index (κ3) is 3.54. The van der Waals surface area contributed by atoms with Crippen molar-refractivity contribution < 1.29 is 4.92 Å². The van der Waals surface area contributed by atoms with E-state index in [-0.39, 0.29) is 16.9 Å². The summed E-state index contributed by atoms with van der Waals surface area (Å²) in [6.45, 7) is 2.15. The minimum absolute atomic E-state index is 0.0361. The van der Waals surface area contributed by atoms with Crippen molar-refractivity contribution in [3.05, 3.63) is 91.2 Å². The number of rotatable bonds is 6. The van der Waals surface area contributed by atoms with Crippen LogP contribution in [0.1, 0.15) is 25.3 Å². The molecular weight excluding hydrogens is 448 g/mol. The molecule has 0 N–H and O–H groups in total. The minimum Gasteiger partial charge on any atom is -0.279 e. The van der Waals surface area contributed by atoms with Gasteiger partial charge < -0.3 is 0 Å². The van der Waals surface area contributed by atoms with Crippen molar-refractivity contribution in [1.29, 1.82) is 0 Å². The Labute approximate surface area is 199 Å². The number of fused-ring (bicyclic) bond motifs is 3. The first-order chi connectivity index (χ1) is 16.8. The second kappa shape index (κ2) is 8.39. The van der Waals surface area contributed by atoms with Gasteiger partial charge in [-0.3, -0.25) is 33.0 Å². The average molecular weight is 473 g/mol. The van der Waals surface area contributed by atoms with Crippen molar-refractivity contribution in [1.82, 2.24) is 23.1 Å². The van der Waals surface area contributed by atoms with Crippen LogP contribution in [0.4, 0.5) is 5.69 Å². The second-order valence-electron chi connectivity index (χ2n) is 8.59. The number of nitro groups is 1. The molecular formula is C25H24N6O4. The zero-order valence-corrected chi connectivity index (χ0v) is 19.6. The van der Waals surface area contributed by atoms with E-state index in [1.54, 1.807) is 29.8 Å². The molecule has 3 heterocycles. The van der Waals surface area contributed by atoms with Crippen molar-refractivity contribution in [3.8, 4) is 16.9 Å². The van der Waals surface area contributed by atoms with Crippen LogP contribution in [0.5, 0.6) is 0 Å². The van der Waals surface area contributed by atoms with Gasteiger partial charge in [0.25, 0.3) is 11.2 Å². The summed E-state index contributed by atoms with van der Waals surface area (Å²) in [5, 5.41) is 11.4. The fraction of sp³-hybridized carbons (Fsp3) is 0.240. The van der Waals surface area contributed by atoms with E-state index in [2.05, 4.69) is 24.0 Å². The first-order valence-electron chi connectivity index (χ1n) is 11.4. The van der Waals surface area contributed by atoms with Gasteiger partial charge in [-0.05, 0) is 30.5 Å². The first kappa shape index (κ1) is 22.3. The van der Waals surface area contributed by atoms with Crippen LogP contribution >= 0.6 is 0 Å². The summed E-state index contributed by atoms with van der Waals surface area (Å²) in [4.78, 5) is 41.2. The van der Waals surface area contributed by atoms with Crippen LogP contribution in [0.15, 0.2) is 64.3 Å². The highest BCUT2D eigenvalue weighted by atomic mass is 16.6. The van der Waals surface area contributed by atoms with Crippen LogP contribution in [0, 0.1) is 10.1 Å². The molecule has 3 aromatic heterocycles. The van der Waals surface area contributed by atoms with Crippen LogP contribution in [-0.4, -0.2) is 28.0 Å². The summed E-state index contributed by atoms with van der Waals surface area (Å²) >= 11 is 0. The molecule has 0 unspecified atom stereocenters. The fourth-order valence-electron chi connectivity index (χ4n) is 4.40. The predicted molar refractivity (Wildman–Crippen MR) is 133 cm³/mol. The fourth-order valence-corrected chi connectivity index (χ4v) is 4.40. The van der Waals surface area contributed by atoms with Gasteiger partial charge in [0, 0.05) is 43.7 Å². The molecule has 0 spiro atoms. The number of aryl methyl sites for hydroxylation is 2. The molecule has 5 aromatic rings. The highest BCUT2D eigenvalue weighted by Gasteiger charge is 2.22. The number of non-ortho nitro benzene ring substituents is 1. The van der Waals surface area contributed by atoms with Crippen molar-refractivity contribution in [2.45, 2.75) is 26.2 Å². The highest BCUT2D eigenvalue weighted by Crippen LogP contribution is 2.31. The maximum Gasteiger partial charge on any atom is 0.332 e. The predicted octanol–water partition coefficient (Wildman–Crippen LogP) is 3.59. The number of imidazole rings is 2. The Kier molecular flexibility index (Phi) is 5.35. The lowest BCUT2D eigenvalue weighted by Gasteiger charge is -2.10. The number of nitrogens with zero attached hydrogens (tertiary/aromatic N) is 6. The second-order valence-corrected chi connectivity index (χ2v) is 8.59. The van der Waals surface area contributed by atoms with E-state index in [1.807, 2.05) is 16.7 Å². The van der Waals surface area contributed by atoms with Gasteiger partial charge in [0.1, 0.15) is 0 Å². The lowest BCUT2D eigenvalue weighted by Crippen LogP contribution is -2.37. The maximum atomic E-state index is 13.0. The lowest BCUT2D eigenvalue weighted by molar-refractivity contribution is -0.384. The molecule has 0 aliphatic carbocycles. The van der Waals surface area contributed by atoms with Gasteiger partial charge in [-0.1, -0.05) is 37.6 Å². The molecule has 0 saturated heterocycles. The van der Waals surface area contributed by atoms with Crippen LogP contribution in [0.25, 0.3) is 33.9 Å². The van der Waals surface area contributed by atoms with Gasteiger partial charge >= 0.3 is 5.69 Å². The number of aromatic nitrogens is 5. The molecule has 0 amide bonds. The molecule has 35 heavy (non-hydrogen) atoms. The standard InChI is InChI=1S/C25H24N6O4/c1-4-5-7-16-10-12-18(13-11-16)30-20(17-8-6-9-19(14-17)31(34)35)15-29-21-22(26-24(29)30)27(2)25(33)28(3)23(21)32/h6,8-15H,4-5,7H2,1-3H3. The van der Waals surface area contributed by atoms with Crippen molar-refractivity contribution >= 4 is 22.6 Å². The normalized spacial score (nSPS) is 11.5. The Morgan fingerprint density at radius 1 is 1.03 bits per heavy atom. The van der Waals surface area contributed by atoms with E-state index in [9.17, 15) is 19.7 Å². The molecule has 0 atom stereocenters. The summed E-state index contributed by atoms with van der Waals surface area (Å²) in [7, 11) is 3.00. The van der Waals surface area contributed by atoms with Gasteiger partial charge in [-0.2, -0.15) is 4.98 Å². The van der Waals surface area contributed by atoms with E-state index in [1.165, 1.54) is 29.3 Å². The summed E-state index contributed by atoms with van der Waals surface area (Å²) < 4.78 is 5.89. The molecule has 10 nitrogen and oxygen atoms in total. The van der Waals surface area contributed by atoms with Gasteiger partial charge in [-0.15, -0.1) is 0 Å². The number of unbranched alkanes of at least 4 members (excludes halogenated alkanes) is 1. The topological polar surface area (TPSA) is 109 Å². The van der Waals surface area contributed by atoms with Crippen molar-refractivity contribution in [3.63, 3.8) is 0 Å². The Balaban J connectivity index is 1.84. The minimum atomic E-state index is -0.465. The molecule has 0 saturated carbocycles. The molecule has 2 aromatic carbocycles. The summed E-state index contributed by atoms with van der Waals surface area (Å²) in [6.07, 6.45) is 4.90. The van der Waals surface area contributed by atoms with Gasteiger partial charge in [-0.25, -0.2) is 4.79 Å². The largest absolute Gasteiger partial charge is 0.332 e. The number of benzene rings is 2. The van der Waals surface area contributed by atoms with E-state index in [0.717, 1.165) is 29.5 Å². The van der Waals surface area contributed by atoms with Gasteiger partial charge in [0.15, 0.2) is 11.2 Å². The number of hydrogen-bond donors (Lipinski definition) is 0. The molecule has 5 rings (SSSR count). The third-order valence-electron chi connectivity index (χ3n) is 6.33. The summed E-state index contributed by atoms with van der Waals surface area (Å²) in [5.74, 6) is 0.432. The Morgan fingerprint density at radius 2 is 1.77 bits per heavy atom. The van der Waals surface area contributed by atoms with Crippen molar-refractivity contribution in [2.75, 3.05) is 0 Å². The summed E-state index contributed by atoms with van der Waals surface area (Å²) in [5.41, 5.74) is 2.80. The molecule has 10 heteroatoms. The Hall–Kier alpha value is -4.47. The zero-order chi connectivity index (χ0) is 24.9. The molecule has 178 valence electrons. The molecule has 0 aliphatic heterocycles. The van der Waals surface area contributed by atoms with Crippen LogP contribution in [-0.2, 0) is 20.5 Å². The Morgan fingerprint density at radius 3 is 2.46 bits per heavy atom. The number of nitro benzene ring substituents is 1. The third-order valence-corrected chi connectivity index (χ3v) is 6.33. The van der Waals surface area contributed by atoms with Crippen LogP contribution in [0.3, 0.4) is 0 Å². The number of hydrogen-bond acceptors (Lipinski definition) is 5. The molecule has 0 radical (unpaired) electrons. The van der Waals surface area contributed by atoms with Crippen molar-refractivity contribution in [2.24, 2.45) is 14.1 Å². The quantitative estimate of drug-likeness (QED) is 0.277. The average Bonchev–Trinajstić information content (AvgIpc) is 3.42. The Bertz CT molecular complexity index is 1720. The summed E-state index contributed by atoms with van der Waals surface area (Å²) in [6, 6.07) is 14.4. The zero-order valence-electron chi connectivity index (χ0n) is 19.6. The SMILES string of the molecule is CCCCc1ccc(-n2c(-c3cccc([N+](=O)[O-])c3)cn3c4c(=O)n(C)c(=O)n(C)c4nc23)cc1. The smallest absolute Gasteiger partial charge is 0.279 e. The van der Waals surface area contributed by atoms with Gasteiger partial charge in [0.05, 0.1) is 10.6 Å². The van der Waals surface area contributed by atoms with Gasteiger partial charge in [0.2, 0.25) is 5.78 Å². The van der Waals surface area contributed by atoms with Crippen LogP contribution < -0.4 is 11.2 Å². The molecule has 0 aliphatic rings. The van der Waals surface area contributed by atoms with E-state index in [4.69, 9.17) is 0 Å². The monoisotopic (exact) mass is 472 g/mol. The van der Waals surface area contributed by atoms with E-state index < -0.39 is 16.2 Å². The van der Waals surface area contributed by atoms with Crippen LogP contribution in [0.2, 0.25) is 0 Å². The lowest BCUT2D eigenvalue weighted by atomic mass is 10.1. The molecule has 0 fully saturated rings.